The maximum atomic E-state index is 12.3. The summed E-state index contributed by atoms with van der Waals surface area (Å²) in [5, 5.41) is 2.85. The summed E-state index contributed by atoms with van der Waals surface area (Å²) in [6, 6.07) is 11.1. The van der Waals surface area contributed by atoms with Crippen LogP contribution in [0.5, 0.6) is 11.5 Å². The number of carbonyl (C=O) groups excluding carboxylic acids is 1. The number of amides is 1. The lowest BCUT2D eigenvalue weighted by molar-refractivity contribution is 0.0951. The number of ether oxygens (including phenoxy) is 2. The molecule has 0 aliphatic heterocycles. The largest absolute Gasteiger partial charge is 0.493 e. The van der Waals surface area contributed by atoms with Crippen molar-refractivity contribution in [1.82, 2.24) is 5.32 Å². The highest BCUT2D eigenvalue weighted by Crippen LogP contribution is 2.31. The Bertz CT molecular complexity index is 666. The van der Waals surface area contributed by atoms with E-state index in [9.17, 15) is 4.79 Å². The van der Waals surface area contributed by atoms with E-state index >= 15 is 0 Å². The Kier molecular flexibility index (Phi) is 4.88. The molecule has 5 heteroatoms. The Morgan fingerprint density at radius 2 is 1.68 bits per heavy atom. The maximum Gasteiger partial charge on any atom is 0.253 e. The number of hydrogen-bond acceptors (Lipinski definition) is 4. The van der Waals surface area contributed by atoms with E-state index in [1.165, 1.54) is 19.8 Å². The van der Waals surface area contributed by atoms with Gasteiger partial charge in [0.25, 0.3) is 5.91 Å². The van der Waals surface area contributed by atoms with E-state index in [0.717, 1.165) is 5.56 Å². The molecule has 0 aliphatic rings. The zero-order chi connectivity index (χ0) is 16.1. The number of carbonyl (C=O) groups is 1. The van der Waals surface area contributed by atoms with Crippen molar-refractivity contribution in [2.75, 3.05) is 20.0 Å². The molecule has 5 nitrogen and oxygen atoms in total. The molecule has 3 N–H and O–H groups in total. The van der Waals surface area contributed by atoms with Crippen LogP contribution in [0.3, 0.4) is 0 Å². The first-order chi connectivity index (χ1) is 10.5. The van der Waals surface area contributed by atoms with E-state index in [1.807, 2.05) is 31.2 Å². The monoisotopic (exact) mass is 300 g/mol. The van der Waals surface area contributed by atoms with Crippen LogP contribution in [0.1, 0.15) is 21.5 Å². The Morgan fingerprint density at radius 3 is 2.27 bits per heavy atom. The summed E-state index contributed by atoms with van der Waals surface area (Å²) in [5.41, 5.74) is 8.83. The molecule has 0 saturated heterocycles. The summed E-state index contributed by atoms with van der Waals surface area (Å²) in [7, 11) is 3.04. The second kappa shape index (κ2) is 6.85. The van der Waals surface area contributed by atoms with Gasteiger partial charge in [-0.2, -0.15) is 0 Å². The molecule has 2 aromatic rings. The molecule has 1 amide bonds. The van der Waals surface area contributed by atoms with Crippen LogP contribution in [0.2, 0.25) is 0 Å². The molecular formula is C17H20N2O3. The van der Waals surface area contributed by atoms with E-state index in [1.54, 1.807) is 12.1 Å². The minimum Gasteiger partial charge on any atom is -0.493 e. The molecule has 0 fully saturated rings. The fourth-order valence-electron chi connectivity index (χ4n) is 2.07. The number of aryl methyl sites for hydroxylation is 1. The van der Waals surface area contributed by atoms with Crippen LogP contribution < -0.4 is 20.5 Å². The lowest BCUT2D eigenvalue weighted by atomic mass is 10.1. The van der Waals surface area contributed by atoms with Crippen molar-refractivity contribution in [3.8, 4) is 11.5 Å². The molecule has 0 aromatic heterocycles. The summed E-state index contributed by atoms with van der Waals surface area (Å²) in [5.74, 6) is 0.714. The van der Waals surface area contributed by atoms with Gasteiger partial charge < -0.3 is 20.5 Å². The van der Waals surface area contributed by atoms with Gasteiger partial charge in [0, 0.05) is 18.3 Å². The van der Waals surface area contributed by atoms with Gasteiger partial charge in [-0.05, 0) is 18.6 Å². The number of rotatable bonds is 5. The van der Waals surface area contributed by atoms with Crippen molar-refractivity contribution < 1.29 is 14.3 Å². The average Bonchev–Trinajstić information content (AvgIpc) is 2.53. The number of nitrogen functional groups attached to an aromatic ring is 1. The summed E-state index contributed by atoms with van der Waals surface area (Å²) >= 11 is 0. The quantitative estimate of drug-likeness (QED) is 0.832. The van der Waals surface area contributed by atoms with Crippen molar-refractivity contribution in [1.29, 1.82) is 0 Å². The Labute approximate surface area is 130 Å². The summed E-state index contributed by atoms with van der Waals surface area (Å²) in [6.45, 7) is 2.46. The third kappa shape index (κ3) is 3.49. The predicted octanol–water partition coefficient (Wildman–Crippen LogP) is 2.52. The van der Waals surface area contributed by atoms with Gasteiger partial charge in [-0.3, -0.25) is 4.79 Å². The van der Waals surface area contributed by atoms with Gasteiger partial charge in [0.15, 0.2) is 11.5 Å². The zero-order valence-electron chi connectivity index (χ0n) is 13.0. The van der Waals surface area contributed by atoms with E-state index in [-0.39, 0.29) is 5.91 Å². The van der Waals surface area contributed by atoms with Crippen LogP contribution in [0.4, 0.5) is 5.69 Å². The first-order valence-electron chi connectivity index (χ1n) is 6.90. The van der Waals surface area contributed by atoms with Gasteiger partial charge in [-0.15, -0.1) is 0 Å². The van der Waals surface area contributed by atoms with Crippen LogP contribution >= 0.6 is 0 Å². The number of nitrogens with two attached hydrogens (primary N) is 1. The zero-order valence-corrected chi connectivity index (χ0v) is 13.0. The minimum absolute atomic E-state index is 0.251. The average molecular weight is 300 g/mol. The van der Waals surface area contributed by atoms with Gasteiger partial charge in [-0.1, -0.05) is 29.8 Å². The molecule has 0 unspecified atom stereocenters. The number of benzene rings is 2. The van der Waals surface area contributed by atoms with Crippen molar-refractivity contribution in [2.24, 2.45) is 0 Å². The third-order valence-electron chi connectivity index (χ3n) is 3.37. The molecule has 0 bridgehead atoms. The first-order valence-corrected chi connectivity index (χ1v) is 6.90. The highest BCUT2D eigenvalue weighted by molar-refractivity contribution is 6.00. The normalized spacial score (nSPS) is 10.1. The van der Waals surface area contributed by atoms with E-state index in [0.29, 0.717) is 29.3 Å². The molecular weight excluding hydrogens is 280 g/mol. The van der Waals surface area contributed by atoms with Crippen molar-refractivity contribution in [2.45, 2.75) is 13.5 Å². The van der Waals surface area contributed by atoms with E-state index < -0.39 is 0 Å². The van der Waals surface area contributed by atoms with Crippen LogP contribution in [0.25, 0.3) is 0 Å². The minimum atomic E-state index is -0.251. The SMILES string of the molecule is COc1cc(N)c(C(=O)NCc2ccc(C)cc2)cc1OC. The number of hydrogen-bond donors (Lipinski definition) is 2. The molecule has 0 heterocycles. The number of nitrogens with one attached hydrogen (secondary N) is 1. The van der Waals surface area contributed by atoms with Gasteiger partial charge in [0.05, 0.1) is 19.8 Å². The molecule has 0 atom stereocenters. The molecule has 22 heavy (non-hydrogen) atoms. The lowest BCUT2D eigenvalue weighted by Gasteiger charge is -2.12. The smallest absolute Gasteiger partial charge is 0.253 e. The Morgan fingerprint density at radius 1 is 1.09 bits per heavy atom. The van der Waals surface area contributed by atoms with Crippen LogP contribution in [-0.2, 0) is 6.54 Å². The summed E-state index contributed by atoms with van der Waals surface area (Å²) in [6.07, 6.45) is 0. The van der Waals surface area contributed by atoms with Crippen LogP contribution in [0, 0.1) is 6.92 Å². The van der Waals surface area contributed by atoms with Crippen molar-refractivity contribution in [3.05, 3.63) is 53.1 Å². The molecule has 116 valence electrons. The predicted molar refractivity (Wildman–Crippen MR) is 86.3 cm³/mol. The molecule has 2 aromatic carbocycles. The van der Waals surface area contributed by atoms with Crippen LogP contribution in [0.15, 0.2) is 36.4 Å². The third-order valence-corrected chi connectivity index (χ3v) is 3.37. The standard InChI is InChI=1S/C17H20N2O3/c1-11-4-6-12(7-5-11)10-19-17(20)13-8-15(21-2)16(22-3)9-14(13)18/h4-9H,10,18H2,1-3H3,(H,19,20). The Hall–Kier alpha value is -2.69. The summed E-state index contributed by atoms with van der Waals surface area (Å²) in [4.78, 5) is 12.3. The van der Waals surface area contributed by atoms with Gasteiger partial charge in [0.2, 0.25) is 0 Å². The van der Waals surface area contributed by atoms with Gasteiger partial charge in [0.1, 0.15) is 0 Å². The van der Waals surface area contributed by atoms with Crippen molar-refractivity contribution >= 4 is 11.6 Å². The van der Waals surface area contributed by atoms with Gasteiger partial charge in [-0.25, -0.2) is 0 Å². The summed E-state index contributed by atoms with van der Waals surface area (Å²) < 4.78 is 10.4. The Balaban J connectivity index is 2.13. The maximum absolute atomic E-state index is 12.3. The number of anilines is 1. The number of methoxy groups -OCH3 is 2. The van der Waals surface area contributed by atoms with E-state index in [2.05, 4.69) is 5.32 Å². The molecule has 2 rings (SSSR count). The second-order valence-electron chi connectivity index (χ2n) is 4.96. The van der Waals surface area contributed by atoms with Crippen LogP contribution in [-0.4, -0.2) is 20.1 Å². The molecule has 0 saturated carbocycles. The lowest BCUT2D eigenvalue weighted by Crippen LogP contribution is -2.24. The molecule has 0 spiro atoms. The van der Waals surface area contributed by atoms with E-state index in [4.69, 9.17) is 15.2 Å². The van der Waals surface area contributed by atoms with Gasteiger partial charge >= 0.3 is 0 Å². The molecule has 0 aliphatic carbocycles. The van der Waals surface area contributed by atoms with Crippen molar-refractivity contribution in [3.63, 3.8) is 0 Å². The first kappa shape index (κ1) is 15.7. The highest BCUT2D eigenvalue weighted by Gasteiger charge is 2.15. The fourth-order valence-corrected chi connectivity index (χ4v) is 2.07. The topological polar surface area (TPSA) is 73.6 Å². The second-order valence-corrected chi connectivity index (χ2v) is 4.96. The fraction of sp³-hybridized carbons (Fsp3) is 0.235. The highest BCUT2D eigenvalue weighted by atomic mass is 16.5. The molecule has 0 radical (unpaired) electrons.